The van der Waals surface area contributed by atoms with Crippen molar-refractivity contribution in [1.82, 2.24) is 19.5 Å². The van der Waals surface area contributed by atoms with Crippen LogP contribution in [0.3, 0.4) is 0 Å². The number of aromatic nitrogens is 4. The Morgan fingerprint density at radius 2 is 1.91 bits per heavy atom. The number of nitrogens with zero attached hydrogens (tertiary/aromatic N) is 4. The summed E-state index contributed by atoms with van der Waals surface area (Å²) in [5.74, 6) is 5.02. The molecule has 11 nitrogen and oxygen atoms in total. The summed E-state index contributed by atoms with van der Waals surface area (Å²) in [7, 11) is 0. The van der Waals surface area contributed by atoms with Crippen molar-refractivity contribution in [3.05, 3.63) is 48.5 Å². The number of aliphatic carboxylic acids is 1. The number of ether oxygens (including phenoxy) is 1. The third-order valence-electron chi connectivity index (χ3n) is 5.85. The number of nitrogen functional groups attached to an aromatic ring is 1. The Kier molecular flexibility index (Phi) is 7.04. The minimum atomic E-state index is -1.25. The van der Waals surface area contributed by atoms with Gasteiger partial charge in [0.05, 0.1) is 12.4 Å². The van der Waals surface area contributed by atoms with Crippen LogP contribution in [0.2, 0.25) is 0 Å². The summed E-state index contributed by atoms with van der Waals surface area (Å²) in [5.41, 5.74) is 13.1. The highest BCUT2D eigenvalue weighted by molar-refractivity contribution is 5.81. The molecule has 1 saturated heterocycles. The number of nitrogens with two attached hydrogens (primary N) is 2. The van der Waals surface area contributed by atoms with Gasteiger partial charge in [0.1, 0.15) is 30.1 Å². The van der Waals surface area contributed by atoms with E-state index in [1.54, 1.807) is 0 Å². The fourth-order valence-corrected chi connectivity index (χ4v) is 3.95. The standard InChI is InChI=1S/C23H26N6O5/c24-15(23(32)33)9-8-14(7-6-13-4-2-1-3-5-13)10-16-18(30)19(31)22(34-16)29-12-28-17-20(25)26-11-27-21(17)29/h1-5,11-12,14-16,18-19,22,30-31H,8-10,24H2,(H,32,33)(H2,25,26,27)/t14-,15-,16+,18+,19+,22+/m0/s1. The number of carboxylic acid groups (broad SMARTS) is 1. The number of hydrogen-bond donors (Lipinski definition) is 5. The normalized spacial score (nSPS) is 23.9. The number of fused-ring (bicyclic) bond motifs is 1. The van der Waals surface area contributed by atoms with Crippen LogP contribution in [0.15, 0.2) is 43.0 Å². The van der Waals surface area contributed by atoms with Crippen LogP contribution in [0, 0.1) is 17.8 Å². The number of aliphatic hydroxyl groups is 2. The zero-order chi connectivity index (χ0) is 24.2. The van der Waals surface area contributed by atoms with Crippen molar-refractivity contribution in [3.63, 3.8) is 0 Å². The van der Waals surface area contributed by atoms with E-state index in [0.717, 1.165) is 5.56 Å². The highest BCUT2D eigenvalue weighted by Gasteiger charge is 2.44. The third-order valence-corrected chi connectivity index (χ3v) is 5.85. The number of carbonyl (C=O) groups is 1. The molecular formula is C23H26N6O5. The van der Waals surface area contributed by atoms with Crippen molar-refractivity contribution >= 4 is 23.0 Å². The summed E-state index contributed by atoms with van der Waals surface area (Å²) in [6, 6.07) is 8.34. The molecule has 1 aliphatic heterocycles. The molecule has 0 amide bonds. The first kappa shape index (κ1) is 23.6. The lowest BCUT2D eigenvalue weighted by molar-refractivity contribution is -0.138. The number of aliphatic hydroxyl groups excluding tert-OH is 2. The number of imidazole rings is 1. The maximum atomic E-state index is 11.1. The van der Waals surface area contributed by atoms with Gasteiger partial charge in [-0.05, 0) is 31.4 Å². The predicted octanol–water partition coefficient (Wildman–Crippen LogP) is 0.278. The highest BCUT2D eigenvalue weighted by atomic mass is 16.6. The number of anilines is 1. The van der Waals surface area contributed by atoms with Crippen molar-refractivity contribution in [2.75, 3.05) is 5.73 Å². The van der Waals surface area contributed by atoms with Gasteiger partial charge in [0.25, 0.3) is 0 Å². The van der Waals surface area contributed by atoms with Gasteiger partial charge in [-0.1, -0.05) is 30.0 Å². The molecule has 1 aliphatic rings. The van der Waals surface area contributed by atoms with Crippen LogP contribution < -0.4 is 11.5 Å². The lowest BCUT2D eigenvalue weighted by Crippen LogP contribution is -2.33. The van der Waals surface area contributed by atoms with E-state index in [1.165, 1.54) is 17.2 Å². The molecule has 2 aromatic heterocycles. The number of rotatable bonds is 7. The van der Waals surface area contributed by atoms with Crippen LogP contribution in [0.25, 0.3) is 11.2 Å². The summed E-state index contributed by atoms with van der Waals surface area (Å²) in [4.78, 5) is 23.4. The smallest absolute Gasteiger partial charge is 0.320 e. The lowest BCUT2D eigenvalue weighted by atomic mass is 9.92. The van der Waals surface area contributed by atoms with Crippen molar-refractivity contribution in [1.29, 1.82) is 0 Å². The lowest BCUT2D eigenvalue weighted by Gasteiger charge is -2.19. The fraction of sp³-hybridized carbons (Fsp3) is 0.391. The minimum Gasteiger partial charge on any atom is -0.480 e. The molecule has 6 atom stereocenters. The second-order valence-corrected chi connectivity index (χ2v) is 8.22. The van der Waals surface area contributed by atoms with E-state index in [0.29, 0.717) is 17.6 Å². The molecule has 0 bridgehead atoms. The van der Waals surface area contributed by atoms with Crippen LogP contribution in [-0.4, -0.2) is 65.2 Å². The third kappa shape index (κ3) is 5.00. The van der Waals surface area contributed by atoms with Gasteiger partial charge in [-0.2, -0.15) is 0 Å². The average molecular weight is 466 g/mol. The second-order valence-electron chi connectivity index (χ2n) is 8.22. The molecular weight excluding hydrogens is 440 g/mol. The molecule has 0 aliphatic carbocycles. The van der Waals surface area contributed by atoms with Crippen LogP contribution in [0.1, 0.15) is 31.1 Å². The van der Waals surface area contributed by atoms with E-state index >= 15 is 0 Å². The van der Waals surface area contributed by atoms with Gasteiger partial charge < -0.3 is 31.5 Å². The van der Waals surface area contributed by atoms with Gasteiger partial charge in [0.2, 0.25) is 0 Å². The van der Waals surface area contributed by atoms with Crippen LogP contribution in [0.5, 0.6) is 0 Å². The molecule has 0 spiro atoms. The molecule has 1 fully saturated rings. The Balaban J connectivity index is 1.53. The molecule has 1 aromatic carbocycles. The maximum Gasteiger partial charge on any atom is 0.320 e. The minimum absolute atomic E-state index is 0.194. The topological polar surface area (TPSA) is 183 Å². The average Bonchev–Trinajstić information content (AvgIpc) is 3.38. The van der Waals surface area contributed by atoms with Crippen molar-refractivity contribution < 1.29 is 24.9 Å². The van der Waals surface area contributed by atoms with Gasteiger partial charge in [0.15, 0.2) is 17.7 Å². The molecule has 7 N–H and O–H groups in total. The van der Waals surface area contributed by atoms with E-state index in [9.17, 15) is 15.0 Å². The molecule has 34 heavy (non-hydrogen) atoms. The van der Waals surface area contributed by atoms with Crippen molar-refractivity contribution in [2.45, 2.75) is 49.8 Å². The van der Waals surface area contributed by atoms with Crippen LogP contribution >= 0.6 is 0 Å². The predicted molar refractivity (Wildman–Crippen MR) is 122 cm³/mol. The SMILES string of the molecule is Nc1ncnc2c1ncn2[C@@H]1O[C@H](C[C@@H](C#Cc2ccccc2)CC[C@H](N)C(=O)O)[C@@H](O)[C@H]1O. The number of carboxylic acids is 1. The molecule has 3 aromatic rings. The van der Waals surface area contributed by atoms with Crippen molar-refractivity contribution in [3.8, 4) is 11.8 Å². The Morgan fingerprint density at radius 1 is 1.15 bits per heavy atom. The van der Waals surface area contributed by atoms with E-state index in [-0.39, 0.29) is 24.6 Å². The molecule has 11 heteroatoms. The summed E-state index contributed by atoms with van der Waals surface area (Å²) in [6.07, 6.45) is -0.568. The Hall–Kier alpha value is -3.56. The molecule has 0 radical (unpaired) electrons. The fourth-order valence-electron chi connectivity index (χ4n) is 3.95. The Bertz CT molecular complexity index is 1210. The van der Waals surface area contributed by atoms with E-state index in [4.69, 9.17) is 21.3 Å². The number of benzene rings is 1. The zero-order valence-electron chi connectivity index (χ0n) is 18.2. The van der Waals surface area contributed by atoms with Gasteiger partial charge >= 0.3 is 5.97 Å². The van der Waals surface area contributed by atoms with Gasteiger partial charge in [-0.25, -0.2) is 15.0 Å². The summed E-state index contributed by atoms with van der Waals surface area (Å²) in [6.45, 7) is 0. The summed E-state index contributed by atoms with van der Waals surface area (Å²) < 4.78 is 7.53. The first-order valence-corrected chi connectivity index (χ1v) is 10.8. The molecule has 3 heterocycles. The molecule has 178 valence electrons. The second kappa shape index (κ2) is 10.1. The van der Waals surface area contributed by atoms with E-state index in [1.807, 2.05) is 30.3 Å². The van der Waals surface area contributed by atoms with E-state index < -0.39 is 36.6 Å². The quantitative estimate of drug-likeness (QED) is 0.303. The monoisotopic (exact) mass is 466 g/mol. The number of hydrogen-bond acceptors (Lipinski definition) is 9. The maximum absolute atomic E-state index is 11.1. The molecule has 4 rings (SSSR count). The Morgan fingerprint density at radius 3 is 2.65 bits per heavy atom. The van der Waals surface area contributed by atoms with Gasteiger partial charge in [0, 0.05) is 11.5 Å². The van der Waals surface area contributed by atoms with Crippen LogP contribution in [-0.2, 0) is 9.53 Å². The molecule has 0 unspecified atom stereocenters. The van der Waals surface area contributed by atoms with Crippen molar-refractivity contribution in [2.24, 2.45) is 11.7 Å². The first-order valence-electron chi connectivity index (χ1n) is 10.8. The van der Waals surface area contributed by atoms with Crippen LogP contribution in [0.4, 0.5) is 5.82 Å². The molecule has 0 saturated carbocycles. The largest absolute Gasteiger partial charge is 0.480 e. The highest BCUT2D eigenvalue weighted by Crippen LogP contribution is 2.35. The zero-order valence-corrected chi connectivity index (χ0v) is 18.2. The van der Waals surface area contributed by atoms with Gasteiger partial charge in [-0.15, -0.1) is 0 Å². The summed E-state index contributed by atoms with van der Waals surface area (Å²) in [5, 5.41) is 30.6. The Labute approximate surface area is 195 Å². The van der Waals surface area contributed by atoms with E-state index in [2.05, 4.69) is 26.8 Å². The first-order chi connectivity index (χ1) is 16.3. The summed E-state index contributed by atoms with van der Waals surface area (Å²) >= 11 is 0. The van der Waals surface area contributed by atoms with Gasteiger partial charge in [-0.3, -0.25) is 9.36 Å².